The fraction of sp³-hybridized carbons (Fsp3) is 0.412. The summed E-state index contributed by atoms with van der Waals surface area (Å²) in [5.74, 6) is -0.854. The maximum atomic E-state index is 13.1. The van der Waals surface area contributed by atoms with Gasteiger partial charge in [-0.2, -0.15) is 26.3 Å². The third kappa shape index (κ3) is 3.42. The Morgan fingerprint density at radius 1 is 1.11 bits per heavy atom. The number of halogens is 6. The van der Waals surface area contributed by atoms with Crippen LogP contribution in [0.15, 0.2) is 29.6 Å². The lowest BCUT2D eigenvalue weighted by Gasteiger charge is -2.33. The largest absolute Gasteiger partial charge is 0.404 e. The summed E-state index contributed by atoms with van der Waals surface area (Å²) >= 11 is 1.39. The number of amides is 1. The van der Waals surface area contributed by atoms with Gasteiger partial charge in [0.25, 0.3) is 5.91 Å². The van der Waals surface area contributed by atoms with Crippen LogP contribution in [-0.4, -0.2) is 41.2 Å². The molecule has 1 aromatic heterocycles. The van der Waals surface area contributed by atoms with Gasteiger partial charge in [0.1, 0.15) is 5.01 Å². The van der Waals surface area contributed by atoms with Crippen LogP contribution in [0.25, 0.3) is 10.6 Å². The monoisotopic (exact) mass is 408 g/mol. The van der Waals surface area contributed by atoms with Crippen molar-refractivity contribution in [2.24, 2.45) is 5.41 Å². The Hall–Kier alpha value is -2.10. The maximum absolute atomic E-state index is 13.1. The van der Waals surface area contributed by atoms with Crippen molar-refractivity contribution in [1.29, 1.82) is 0 Å². The molecule has 1 amide bonds. The third-order valence-electron chi connectivity index (χ3n) is 4.64. The van der Waals surface area contributed by atoms with Crippen molar-refractivity contribution < 1.29 is 31.1 Å². The number of carbonyl (C=O) groups excluding carboxylic acids is 1. The van der Waals surface area contributed by atoms with Crippen molar-refractivity contribution in [3.63, 3.8) is 0 Å². The summed E-state index contributed by atoms with van der Waals surface area (Å²) in [6.45, 7) is -0.212. The van der Waals surface area contributed by atoms with E-state index in [4.69, 9.17) is 0 Å². The van der Waals surface area contributed by atoms with Crippen molar-refractivity contribution in [2.75, 3.05) is 13.1 Å². The fourth-order valence-electron chi connectivity index (χ4n) is 3.03. The van der Waals surface area contributed by atoms with Gasteiger partial charge in [0.15, 0.2) is 5.41 Å². The summed E-state index contributed by atoms with van der Waals surface area (Å²) < 4.78 is 78.8. The normalized spacial score (nSPS) is 17.4. The highest BCUT2D eigenvalue weighted by atomic mass is 32.1. The van der Waals surface area contributed by atoms with Gasteiger partial charge in [-0.3, -0.25) is 4.79 Å². The molecule has 0 spiro atoms. The fourth-order valence-corrected chi connectivity index (χ4v) is 3.83. The zero-order chi connectivity index (χ0) is 20.0. The minimum atomic E-state index is -5.48. The molecule has 1 saturated heterocycles. The number of hydrogen-bond acceptors (Lipinski definition) is 3. The third-order valence-corrected chi connectivity index (χ3v) is 5.65. The number of rotatable bonds is 2. The highest BCUT2D eigenvalue weighted by Gasteiger charge is 2.72. The van der Waals surface area contributed by atoms with Gasteiger partial charge in [0.05, 0.1) is 0 Å². The zero-order valence-corrected chi connectivity index (χ0v) is 14.8. The Labute approximate surface area is 154 Å². The minimum absolute atomic E-state index is 0.0344. The van der Waals surface area contributed by atoms with Crippen LogP contribution in [0.2, 0.25) is 0 Å². The molecule has 0 unspecified atom stereocenters. The van der Waals surface area contributed by atoms with Crippen LogP contribution in [0, 0.1) is 12.3 Å². The first-order valence-corrected chi connectivity index (χ1v) is 8.78. The maximum Gasteiger partial charge on any atom is 0.404 e. The second-order valence-electron chi connectivity index (χ2n) is 6.43. The molecule has 3 nitrogen and oxygen atoms in total. The summed E-state index contributed by atoms with van der Waals surface area (Å²) in [4.78, 5) is 17.3. The first kappa shape index (κ1) is 19.7. The molecule has 3 rings (SSSR count). The molecule has 1 fully saturated rings. The van der Waals surface area contributed by atoms with Gasteiger partial charge in [0.2, 0.25) is 0 Å². The molecule has 2 heterocycles. The molecule has 10 heteroatoms. The van der Waals surface area contributed by atoms with Crippen LogP contribution < -0.4 is 0 Å². The summed E-state index contributed by atoms with van der Waals surface area (Å²) in [6.07, 6.45) is -12.2. The Balaban J connectivity index is 1.81. The summed E-state index contributed by atoms with van der Waals surface area (Å²) in [7, 11) is 0. The molecule has 0 N–H and O–H groups in total. The zero-order valence-electron chi connectivity index (χ0n) is 14.0. The van der Waals surface area contributed by atoms with Gasteiger partial charge in [-0.1, -0.05) is 12.1 Å². The number of thiazole rings is 1. The second-order valence-corrected chi connectivity index (χ2v) is 7.28. The summed E-state index contributed by atoms with van der Waals surface area (Å²) in [5, 5.41) is 2.55. The number of hydrogen-bond donors (Lipinski definition) is 0. The van der Waals surface area contributed by atoms with Crippen LogP contribution in [0.4, 0.5) is 26.3 Å². The van der Waals surface area contributed by atoms with Gasteiger partial charge in [-0.25, -0.2) is 4.98 Å². The molecule has 0 bridgehead atoms. The smallest absolute Gasteiger partial charge is 0.337 e. The number of aryl methyl sites for hydroxylation is 1. The number of carbonyl (C=O) groups is 1. The highest BCUT2D eigenvalue weighted by molar-refractivity contribution is 7.13. The van der Waals surface area contributed by atoms with Crippen molar-refractivity contribution in [2.45, 2.75) is 25.7 Å². The summed E-state index contributed by atoms with van der Waals surface area (Å²) in [5.41, 5.74) is -2.31. The van der Waals surface area contributed by atoms with E-state index in [0.29, 0.717) is 15.5 Å². The van der Waals surface area contributed by atoms with Gasteiger partial charge < -0.3 is 4.90 Å². The number of likely N-dealkylation sites (tertiary alicyclic amines) is 1. The molecule has 1 aliphatic heterocycles. The lowest BCUT2D eigenvalue weighted by atomic mass is 9.85. The van der Waals surface area contributed by atoms with Gasteiger partial charge in [-0.05, 0) is 25.5 Å². The molecule has 146 valence electrons. The average molecular weight is 408 g/mol. The lowest BCUT2D eigenvalue weighted by Crippen LogP contribution is -2.52. The van der Waals surface area contributed by atoms with Gasteiger partial charge in [0, 0.05) is 35.3 Å². The quantitative estimate of drug-likeness (QED) is 0.650. The first-order chi connectivity index (χ1) is 12.4. The van der Waals surface area contributed by atoms with E-state index < -0.39 is 43.2 Å². The van der Waals surface area contributed by atoms with E-state index in [1.165, 1.54) is 23.5 Å². The van der Waals surface area contributed by atoms with Crippen LogP contribution >= 0.6 is 11.3 Å². The summed E-state index contributed by atoms with van der Waals surface area (Å²) in [6, 6.07) is 5.91. The molecular formula is C17H14F6N2OS. The Kier molecular flexibility index (Phi) is 4.73. The Bertz CT molecular complexity index is 826. The van der Waals surface area contributed by atoms with E-state index in [2.05, 4.69) is 4.98 Å². The Morgan fingerprint density at radius 2 is 1.70 bits per heavy atom. The molecule has 0 aliphatic carbocycles. The second kappa shape index (κ2) is 6.50. The lowest BCUT2D eigenvalue weighted by molar-refractivity contribution is -0.334. The number of benzene rings is 1. The Morgan fingerprint density at radius 3 is 2.15 bits per heavy atom. The number of aromatic nitrogens is 1. The number of alkyl halides is 6. The average Bonchev–Trinajstić information content (AvgIpc) is 3.20. The van der Waals surface area contributed by atoms with Crippen LogP contribution in [0.5, 0.6) is 0 Å². The predicted octanol–water partition coefficient (Wildman–Crippen LogP) is 5.08. The van der Waals surface area contributed by atoms with Crippen LogP contribution in [-0.2, 0) is 0 Å². The van der Waals surface area contributed by atoms with E-state index in [1.807, 2.05) is 12.3 Å². The molecule has 0 atom stereocenters. The van der Waals surface area contributed by atoms with E-state index in [1.54, 1.807) is 12.1 Å². The standard InChI is InChI=1S/C17H14F6N2OS/c1-10-8-27-13(24-10)11-2-4-12(5-3-11)14(26)25-7-6-15(9-25,16(18,19)20)17(21,22)23/h2-5,8H,6-7,9H2,1H3. The highest BCUT2D eigenvalue weighted by Crippen LogP contribution is 2.55. The molecule has 1 aromatic carbocycles. The molecule has 1 aliphatic rings. The molecule has 0 saturated carbocycles. The van der Waals surface area contributed by atoms with Crippen molar-refractivity contribution in [1.82, 2.24) is 9.88 Å². The van der Waals surface area contributed by atoms with E-state index in [-0.39, 0.29) is 5.56 Å². The van der Waals surface area contributed by atoms with Crippen LogP contribution in [0.3, 0.4) is 0 Å². The van der Waals surface area contributed by atoms with E-state index in [0.717, 1.165) is 5.69 Å². The molecule has 27 heavy (non-hydrogen) atoms. The topological polar surface area (TPSA) is 33.2 Å². The van der Waals surface area contributed by atoms with Gasteiger partial charge in [-0.15, -0.1) is 11.3 Å². The SMILES string of the molecule is Cc1csc(-c2ccc(C(=O)N3CCC(C(F)(F)F)(C(F)(F)F)C3)cc2)n1. The van der Waals surface area contributed by atoms with Crippen molar-refractivity contribution >= 4 is 17.2 Å². The molecule has 2 aromatic rings. The van der Waals surface area contributed by atoms with Gasteiger partial charge >= 0.3 is 12.4 Å². The number of nitrogens with zero attached hydrogens (tertiary/aromatic N) is 2. The van der Waals surface area contributed by atoms with Crippen molar-refractivity contribution in [3.8, 4) is 10.6 Å². The van der Waals surface area contributed by atoms with E-state index >= 15 is 0 Å². The predicted molar refractivity (Wildman–Crippen MR) is 87.4 cm³/mol. The van der Waals surface area contributed by atoms with E-state index in [9.17, 15) is 31.1 Å². The minimum Gasteiger partial charge on any atom is -0.337 e. The molecule has 0 radical (unpaired) electrons. The molecular weight excluding hydrogens is 394 g/mol. The van der Waals surface area contributed by atoms with Crippen molar-refractivity contribution in [3.05, 3.63) is 40.9 Å². The first-order valence-electron chi connectivity index (χ1n) is 7.90. The van der Waals surface area contributed by atoms with Crippen LogP contribution in [0.1, 0.15) is 22.5 Å².